The molecule has 2 atom stereocenters. The third-order valence-electron chi connectivity index (χ3n) is 3.95. The Morgan fingerprint density at radius 1 is 1.11 bits per heavy atom. The van der Waals surface area contributed by atoms with Crippen molar-refractivity contribution in [3.05, 3.63) is 29.8 Å². The van der Waals surface area contributed by atoms with Crippen molar-refractivity contribution in [3.63, 3.8) is 0 Å². The molecule has 0 spiro atoms. The molecule has 0 saturated heterocycles. The van der Waals surface area contributed by atoms with Gasteiger partial charge in [0, 0.05) is 6.04 Å². The number of nitrogens with two attached hydrogens (primary N) is 1. The molecular weight excluding hydrogens is 258 g/mol. The van der Waals surface area contributed by atoms with Crippen LogP contribution in [0, 0.1) is 0 Å². The van der Waals surface area contributed by atoms with Crippen LogP contribution < -0.4 is 5.73 Å². The lowest BCUT2D eigenvalue weighted by Crippen LogP contribution is -2.35. The third kappa shape index (κ3) is 2.84. The summed E-state index contributed by atoms with van der Waals surface area (Å²) < 4.78 is 25.1. The van der Waals surface area contributed by atoms with E-state index in [-0.39, 0.29) is 11.5 Å². The minimum absolute atomic E-state index is 0.0338. The second-order valence-electron chi connectivity index (χ2n) is 6.45. The molecular formula is C15H23NO2S. The Kier molecular flexibility index (Phi) is 3.76. The van der Waals surface area contributed by atoms with E-state index in [0.717, 1.165) is 18.4 Å². The van der Waals surface area contributed by atoms with Crippen molar-refractivity contribution in [3.8, 4) is 0 Å². The molecule has 1 aliphatic rings. The summed E-state index contributed by atoms with van der Waals surface area (Å²) in [6, 6.07) is 7.05. The maximum atomic E-state index is 12.5. The molecule has 1 fully saturated rings. The van der Waals surface area contributed by atoms with E-state index in [0.29, 0.717) is 11.3 Å². The van der Waals surface area contributed by atoms with Crippen molar-refractivity contribution >= 4 is 9.84 Å². The molecule has 2 unspecified atom stereocenters. The molecule has 1 saturated carbocycles. The maximum Gasteiger partial charge on any atom is 0.182 e. The SMILES string of the molecule is CC(C)(C)c1ccc(S(=O)(=O)C2CCCC2N)cc1. The van der Waals surface area contributed by atoms with E-state index in [1.54, 1.807) is 12.1 Å². The molecule has 0 radical (unpaired) electrons. The van der Waals surface area contributed by atoms with Gasteiger partial charge in [0.25, 0.3) is 0 Å². The molecule has 1 aromatic rings. The first-order valence-corrected chi connectivity index (χ1v) is 8.37. The van der Waals surface area contributed by atoms with Gasteiger partial charge in [-0.15, -0.1) is 0 Å². The Balaban J connectivity index is 2.32. The van der Waals surface area contributed by atoms with E-state index >= 15 is 0 Å². The molecule has 0 aliphatic heterocycles. The van der Waals surface area contributed by atoms with Crippen LogP contribution in [0.25, 0.3) is 0 Å². The van der Waals surface area contributed by atoms with Crippen LogP contribution in [0.3, 0.4) is 0 Å². The van der Waals surface area contributed by atoms with E-state index in [4.69, 9.17) is 5.73 Å². The van der Waals surface area contributed by atoms with Crippen molar-refractivity contribution in [2.24, 2.45) is 5.73 Å². The number of hydrogen-bond donors (Lipinski definition) is 1. The quantitative estimate of drug-likeness (QED) is 0.906. The van der Waals surface area contributed by atoms with Gasteiger partial charge in [-0.25, -0.2) is 8.42 Å². The van der Waals surface area contributed by atoms with Gasteiger partial charge in [-0.2, -0.15) is 0 Å². The zero-order valence-corrected chi connectivity index (χ0v) is 12.7. The van der Waals surface area contributed by atoms with Crippen molar-refractivity contribution in [2.75, 3.05) is 0 Å². The van der Waals surface area contributed by atoms with Gasteiger partial charge >= 0.3 is 0 Å². The minimum Gasteiger partial charge on any atom is -0.327 e. The molecule has 0 aromatic heterocycles. The molecule has 1 aliphatic carbocycles. The fraction of sp³-hybridized carbons (Fsp3) is 0.600. The molecule has 1 aromatic carbocycles. The Bertz CT molecular complexity index is 541. The Hall–Kier alpha value is -0.870. The monoisotopic (exact) mass is 281 g/mol. The van der Waals surface area contributed by atoms with Crippen molar-refractivity contribution in [2.45, 2.75) is 61.6 Å². The molecule has 0 bridgehead atoms. The summed E-state index contributed by atoms with van der Waals surface area (Å²) in [4.78, 5) is 0.405. The number of rotatable bonds is 2. The maximum absolute atomic E-state index is 12.5. The fourth-order valence-corrected chi connectivity index (χ4v) is 4.60. The highest BCUT2D eigenvalue weighted by Gasteiger charge is 2.36. The lowest BCUT2D eigenvalue weighted by atomic mass is 9.87. The lowest BCUT2D eigenvalue weighted by molar-refractivity contribution is 0.566. The van der Waals surface area contributed by atoms with Gasteiger partial charge in [0.05, 0.1) is 10.1 Å². The topological polar surface area (TPSA) is 60.2 Å². The van der Waals surface area contributed by atoms with Crippen LogP contribution in [-0.2, 0) is 15.3 Å². The average molecular weight is 281 g/mol. The predicted molar refractivity (Wildman–Crippen MR) is 77.9 cm³/mol. The Morgan fingerprint density at radius 2 is 1.68 bits per heavy atom. The van der Waals surface area contributed by atoms with Gasteiger partial charge in [0.15, 0.2) is 9.84 Å². The van der Waals surface area contributed by atoms with Crippen LogP contribution >= 0.6 is 0 Å². The molecule has 0 amide bonds. The summed E-state index contributed by atoms with van der Waals surface area (Å²) in [5.74, 6) is 0. The first-order valence-electron chi connectivity index (χ1n) is 6.83. The van der Waals surface area contributed by atoms with Crippen LogP contribution in [0.1, 0.15) is 45.6 Å². The normalized spacial score (nSPS) is 24.6. The third-order valence-corrected chi connectivity index (χ3v) is 6.26. The van der Waals surface area contributed by atoms with E-state index in [2.05, 4.69) is 20.8 Å². The van der Waals surface area contributed by atoms with Crippen molar-refractivity contribution in [1.29, 1.82) is 0 Å². The highest BCUT2D eigenvalue weighted by Crippen LogP contribution is 2.30. The summed E-state index contributed by atoms with van der Waals surface area (Å²) in [7, 11) is -3.28. The van der Waals surface area contributed by atoms with Crippen molar-refractivity contribution in [1.82, 2.24) is 0 Å². The largest absolute Gasteiger partial charge is 0.327 e. The Morgan fingerprint density at radius 3 is 2.11 bits per heavy atom. The predicted octanol–water partition coefficient (Wildman–Crippen LogP) is 2.64. The number of sulfone groups is 1. The molecule has 106 valence electrons. The first-order chi connectivity index (χ1) is 8.73. The summed E-state index contributed by atoms with van der Waals surface area (Å²) in [6.45, 7) is 6.34. The zero-order chi connectivity index (χ0) is 14.3. The van der Waals surface area contributed by atoms with Crippen LogP contribution in [0.2, 0.25) is 0 Å². The van der Waals surface area contributed by atoms with E-state index in [1.165, 1.54) is 0 Å². The van der Waals surface area contributed by atoms with Gasteiger partial charge in [-0.05, 0) is 36.0 Å². The van der Waals surface area contributed by atoms with Crippen LogP contribution in [0.5, 0.6) is 0 Å². The van der Waals surface area contributed by atoms with Crippen LogP contribution in [0.15, 0.2) is 29.2 Å². The highest BCUT2D eigenvalue weighted by molar-refractivity contribution is 7.92. The van der Waals surface area contributed by atoms with Gasteiger partial charge in [-0.1, -0.05) is 39.3 Å². The Labute approximate surface area is 116 Å². The first kappa shape index (κ1) is 14.5. The second-order valence-corrected chi connectivity index (χ2v) is 8.62. The van der Waals surface area contributed by atoms with Gasteiger partial charge in [-0.3, -0.25) is 0 Å². The number of hydrogen-bond acceptors (Lipinski definition) is 3. The smallest absolute Gasteiger partial charge is 0.182 e. The molecule has 2 N–H and O–H groups in total. The van der Waals surface area contributed by atoms with Crippen LogP contribution in [0.4, 0.5) is 0 Å². The van der Waals surface area contributed by atoms with Gasteiger partial charge in [0.2, 0.25) is 0 Å². The van der Waals surface area contributed by atoms with E-state index in [1.807, 2.05) is 12.1 Å². The van der Waals surface area contributed by atoms with Gasteiger partial charge < -0.3 is 5.73 Å². The summed E-state index contributed by atoms with van der Waals surface area (Å²) in [6.07, 6.45) is 2.40. The minimum atomic E-state index is -3.28. The second kappa shape index (κ2) is 4.91. The average Bonchev–Trinajstić information content (AvgIpc) is 2.75. The zero-order valence-electron chi connectivity index (χ0n) is 11.9. The standard InChI is InChI=1S/C15H23NO2S/c1-15(2,3)11-7-9-12(10-8-11)19(17,18)14-6-4-5-13(14)16/h7-10,13-14H,4-6,16H2,1-3H3. The molecule has 2 rings (SSSR count). The molecule has 3 nitrogen and oxygen atoms in total. The summed E-state index contributed by atoms with van der Waals surface area (Å²) in [5.41, 5.74) is 7.10. The van der Waals surface area contributed by atoms with Crippen LogP contribution in [-0.4, -0.2) is 19.7 Å². The molecule has 19 heavy (non-hydrogen) atoms. The fourth-order valence-electron chi connectivity index (χ4n) is 2.66. The molecule has 0 heterocycles. The lowest BCUT2D eigenvalue weighted by Gasteiger charge is -2.20. The molecule has 4 heteroatoms. The van der Waals surface area contributed by atoms with E-state index < -0.39 is 15.1 Å². The van der Waals surface area contributed by atoms with Gasteiger partial charge in [0.1, 0.15) is 0 Å². The highest BCUT2D eigenvalue weighted by atomic mass is 32.2. The summed E-state index contributed by atoms with van der Waals surface area (Å²) in [5, 5.41) is -0.409. The number of benzene rings is 1. The van der Waals surface area contributed by atoms with Crippen molar-refractivity contribution < 1.29 is 8.42 Å². The summed E-state index contributed by atoms with van der Waals surface area (Å²) >= 11 is 0. The van der Waals surface area contributed by atoms with E-state index in [9.17, 15) is 8.42 Å².